The number of aliphatic carboxylic acids is 1. The summed E-state index contributed by atoms with van der Waals surface area (Å²) in [6, 6.07) is 4.24. The Labute approximate surface area is 203 Å². The van der Waals surface area contributed by atoms with Crippen molar-refractivity contribution in [1.82, 2.24) is 15.0 Å². The third kappa shape index (κ3) is 5.59. The molecule has 1 amide bonds. The van der Waals surface area contributed by atoms with Gasteiger partial charge in [-0.05, 0) is 43.9 Å². The lowest BCUT2D eigenvalue weighted by molar-refractivity contribution is -0.136. The minimum Gasteiger partial charge on any atom is -0.481 e. The van der Waals surface area contributed by atoms with E-state index in [9.17, 15) is 19.5 Å². The highest BCUT2D eigenvalue weighted by molar-refractivity contribution is 5.96. The number of carbonyl (C=O) groups is 2. The second kappa shape index (κ2) is 10.4. The average molecular weight is 485 g/mol. The molecule has 3 N–H and O–H groups in total. The highest BCUT2D eigenvalue weighted by Crippen LogP contribution is 2.29. The molecule has 0 aliphatic carbocycles. The fourth-order valence-corrected chi connectivity index (χ4v) is 3.79. The number of anilines is 1. The molecule has 0 aliphatic rings. The number of aliphatic hydroxyl groups is 1. The molecule has 1 aromatic carbocycles. The van der Waals surface area contributed by atoms with Crippen LogP contribution in [-0.4, -0.2) is 37.1 Å². The minimum atomic E-state index is -1.18. The van der Waals surface area contributed by atoms with Gasteiger partial charge >= 0.3 is 11.6 Å². The number of aromatic nitrogens is 3. The summed E-state index contributed by atoms with van der Waals surface area (Å²) in [6.45, 7) is 9.12. The zero-order valence-corrected chi connectivity index (χ0v) is 20.7. The molecule has 3 rings (SSSR count). The first-order chi connectivity index (χ1) is 16.4. The Kier molecular flexibility index (Phi) is 7.74. The van der Waals surface area contributed by atoms with Crippen LogP contribution in [0.5, 0.6) is 0 Å². The maximum absolute atomic E-state index is 13.2. The first-order valence-corrected chi connectivity index (χ1v) is 11.7. The summed E-state index contributed by atoms with van der Waals surface area (Å²) in [6.07, 6.45) is 3.37. The van der Waals surface area contributed by atoms with Crippen LogP contribution in [-0.2, 0) is 21.6 Å². The summed E-state index contributed by atoms with van der Waals surface area (Å²) in [5.74, 6) is -1.53. The Morgan fingerprint density at radius 1 is 1.29 bits per heavy atom. The quantitative estimate of drug-likeness (QED) is 0.370. The van der Waals surface area contributed by atoms with Crippen molar-refractivity contribution in [3.05, 3.63) is 51.6 Å². The average Bonchev–Trinajstić information content (AvgIpc) is 3.27. The van der Waals surface area contributed by atoms with E-state index in [1.54, 1.807) is 38.2 Å². The molecule has 2 atom stereocenters. The maximum Gasteiger partial charge on any atom is 0.340 e. The standard InChI is InChI=1S/C25H32N4O6/c1-6-7-8-19(29-13-21(27-28-29)25(5,34)14(2)3)23(32)26-16-9-10-17-15(4)18(12-22(30)31)24(33)35-20(17)11-16/h9-11,13-14,19,34H,6-8,12H2,1-5H3,(H,26,32)(H,30,31)/t19-,25?/m0/s1. The Morgan fingerprint density at radius 3 is 2.63 bits per heavy atom. The number of hydrogen-bond donors (Lipinski definition) is 3. The van der Waals surface area contributed by atoms with Crippen molar-refractivity contribution in [2.75, 3.05) is 5.32 Å². The van der Waals surface area contributed by atoms with E-state index < -0.39 is 29.7 Å². The Balaban J connectivity index is 1.90. The van der Waals surface area contributed by atoms with Gasteiger partial charge < -0.3 is 19.9 Å². The summed E-state index contributed by atoms with van der Waals surface area (Å²) in [5, 5.41) is 31.5. The van der Waals surface area contributed by atoms with Crippen LogP contribution in [0.25, 0.3) is 11.0 Å². The number of carbonyl (C=O) groups excluding carboxylic acids is 1. The second-order valence-corrected chi connectivity index (χ2v) is 9.31. The predicted molar refractivity (Wildman–Crippen MR) is 130 cm³/mol. The topological polar surface area (TPSA) is 148 Å². The lowest BCUT2D eigenvalue weighted by Crippen LogP contribution is -2.29. The fraction of sp³-hybridized carbons (Fsp3) is 0.480. The molecule has 3 aromatic rings. The maximum atomic E-state index is 13.2. The first kappa shape index (κ1) is 26.1. The molecule has 0 fully saturated rings. The fourth-order valence-electron chi connectivity index (χ4n) is 3.79. The summed E-state index contributed by atoms with van der Waals surface area (Å²) in [7, 11) is 0. The van der Waals surface area contributed by atoms with E-state index in [0.29, 0.717) is 28.8 Å². The van der Waals surface area contributed by atoms with Gasteiger partial charge in [0.05, 0.1) is 18.2 Å². The molecule has 10 heteroatoms. The van der Waals surface area contributed by atoms with Crippen LogP contribution in [0.4, 0.5) is 5.69 Å². The number of hydrogen-bond acceptors (Lipinski definition) is 7. The number of nitrogens with one attached hydrogen (secondary N) is 1. The minimum absolute atomic E-state index is 0.0951. The van der Waals surface area contributed by atoms with Gasteiger partial charge in [0.1, 0.15) is 22.9 Å². The van der Waals surface area contributed by atoms with Gasteiger partial charge in [-0.2, -0.15) is 0 Å². The molecular weight excluding hydrogens is 452 g/mol. The van der Waals surface area contributed by atoms with Crippen molar-refractivity contribution in [1.29, 1.82) is 0 Å². The van der Waals surface area contributed by atoms with Crippen LogP contribution in [0.3, 0.4) is 0 Å². The normalized spacial score (nSPS) is 14.1. The number of benzene rings is 1. The Morgan fingerprint density at radius 2 is 2.00 bits per heavy atom. The Bertz CT molecular complexity index is 1290. The molecule has 2 heterocycles. The molecule has 35 heavy (non-hydrogen) atoms. The molecule has 1 unspecified atom stereocenters. The summed E-state index contributed by atoms with van der Waals surface area (Å²) in [4.78, 5) is 36.6. The lowest BCUT2D eigenvalue weighted by atomic mass is 9.90. The Hall–Kier alpha value is -3.53. The number of amides is 1. The molecule has 0 saturated heterocycles. The van der Waals surface area contributed by atoms with Crippen LogP contribution in [0.2, 0.25) is 0 Å². The van der Waals surface area contributed by atoms with Gasteiger partial charge in [-0.3, -0.25) is 9.59 Å². The van der Waals surface area contributed by atoms with Gasteiger partial charge in [0.25, 0.3) is 0 Å². The summed E-state index contributed by atoms with van der Waals surface area (Å²) < 4.78 is 6.82. The molecule has 0 bridgehead atoms. The van der Waals surface area contributed by atoms with Crippen molar-refractivity contribution in [3.8, 4) is 0 Å². The van der Waals surface area contributed by atoms with E-state index in [1.165, 1.54) is 4.68 Å². The molecule has 0 radical (unpaired) electrons. The molecular formula is C25H32N4O6. The van der Waals surface area contributed by atoms with E-state index in [2.05, 4.69) is 15.6 Å². The molecule has 2 aromatic heterocycles. The number of fused-ring (bicyclic) bond motifs is 1. The van der Waals surface area contributed by atoms with E-state index in [-0.39, 0.29) is 23.0 Å². The third-order valence-electron chi connectivity index (χ3n) is 6.49. The zero-order valence-electron chi connectivity index (χ0n) is 20.7. The van der Waals surface area contributed by atoms with Crippen molar-refractivity contribution < 1.29 is 24.2 Å². The highest BCUT2D eigenvalue weighted by atomic mass is 16.4. The van der Waals surface area contributed by atoms with E-state index in [1.807, 2.05) is 20.8 Å². The monoisotopic (exact) mass is 484 g/mol. The second-order valence-electron chi connectivity index (χ2n) is 9.31. The van der Waals surface area contributed by atoms with Crippen molar-refractivity contribution in [2.24, 2.45) is 5.92 Å². The van der Waals surface area contributed by atoms with Gasteiger partial charge in [0.15, 0.2) is 0 Å². The lowest BCUT2D eigenvalue weighted by Gasteiger charge is -2.24. The highest BCUT2D eigenvalue weighted by Gasteiger charge is 2.32. The van der Waals surface area contributed by atoms with Crippen molar-refractivity contribution >= 4 is 28.5 Å². The summed E-state index contributed by atoms with van der Waals surface area (Å²) in [5.41, 5.74) is -0.203. The van der Waals surface area contributed by atoms with Gasteiger partial charge in [0.2, 0.25) is 5.91 Å². The number of rotatable bonds is 10. The van der Waals surface area contributed by atoms with Crippen LogP contribution >= 0.6 is 0 Å². The van der Waals surface area contributed by atoms with E-state index in [0.717, 1.165) is 12.8 Å². The van der Waals surface area contributed by atoms with Gasteiger partial charge in [-0.25, -0.2) is 9.48 Å². The number of carboxylic acids is 1. The van der Waals surface area contributed by atoms with Gasteiger partial charge in [-0.1, -0.05) is 38.8 Å². The molecule has 188 valence electrons. The largest absolute Gasteiger partial charge is 0.481 e. The molecule has 0 spiro atoms. The van der Waals surface area contributed by atoms with Gasteiger partial charge in [-0.15, -0.1) is 5.10 Å². The number of unbranched alkanes of at least 4 members (excludes halogenated alkanes) is 1. The van der Waals surface area contributed by atoms with Crippen molar-refractivity contribution in [3.63, 3.8) is 0 Å². The first-order valence-electron chi connectivity index (χ1n) is 11.7. The number of carboxylic acid groups (broad SMARTS) is 1. The number of nitrogens with zero attached hydrogens (tertiary/aromatic N) is 3. The van der Waals surface area contributed by atoms with Crippen molar-refractivity contribution in [2.45, 2.75) is 71.9 Å². The van der Waals surface area contributed by atoms with Crippen LogP contribution in [0, 0.1) is 12.8 Å². The molecule has 0 aliphatic heterocycles. The van der Waals surface area contributed by atoms with Crippen LogP contribution < -0.4 is 10.9 Å². The number of aryl methyl sites for hydroxylation is 1. The molecule has 10 nitrogen and oxygen atoms in total. The SMILES string of the molecule is CCCC[C@@H](C(=O)Nc1ccc2c(C)c(CC(=O)O)c(=O)oc2c1)n1cc(C(C)(O)C(C)C)nn1. The third-order valence-corrected chi connectivity index (χ3v) is 6.49. The predicted octanol–water partition coefficient (Wildman–Crippen LogP) is 3.55. The smallest absolute Gasteiger partial charge is 0.340 e. The van der Waals surface area contributed by atoms with E-state index >= 15 is 0 Å². The molecule has 0 saturated carbocycles. The zero-order chi connectivity index (χ0) is 25.9. The van der Waals surface area contributed by atoms with Crippen LogP contribution in [0.1, 0.15) is 69.8 Å². The van der Waals surface area contributed by atoms with Gasteiger partial charge in [0, 0.05) is 17.1 Å². The van der Waals surface area contributed by atoms with E-state index in [4.69, 9.17) is 9.52 Å². The van der Waals surface area contributed by atoms with Crippen LogP contribution in [0.15, 0.2) is 33.6 Å². The summed E-state index contributed by atoms with van der Waals surface area (Å²) >= 11 is 0.